The van der Waals surface area contributed by atoms with E-state index in [1.165, 1.54) is 11.8 Å². The Morgan fingerprint density at radius 2 is 1.89 bits per heavy atom. The van der Waals surface area contributed by atoms with E-state index in [2.05, 4.69) is 16.4 Å². The minimum Gasteiger partial charge on any atom is -0.462 e. The zero-order valence-corrected chi connectivity index (χ0v) is 21.2. The van der Waals surface area contributed by atoms with Gasteiger partial charge >= 0.3 is 5.97 Å². The van der Waals surface area contributed by atoms with Gasteiger partial charge in [-0.2, -0.15) is 5.26 Å². The van der Waals surface area contributed by atoms with E-state index in [9.17, 15) is 19.6 Å². The maximum absolute atomic E-state index is 13.3. The van der Waals surface area contributed by atoms with Gasteiger partial charge in [-0.25, -0.2) is 9.78 Å². The molecule has 0 radical (unpaired) electrons. The lowest BCUT2D eigenvalue weighted by atomic mass is 10.2. The number of amides is 1. The number of rotatable bonds is 8. The maximum Gasteiger partial charge on any atom is 0.348 e. The number of hydrogen-bond acceptors (Lipinski definition) is 8. The van der Waals surface area contributed by atoms with Crippen molar-refractivity contribution in [3.63, 3.8) is 0 Å². The molecule has 0 aliphatic rings. The quantitative estimate of drug-likeness (QED) is 0.200. The predicted octanol–water partition coefficient (Wildman–Crippen LogP) is 4.92. The molecule has 0 atom stereocenters. The van der Waals surface area contributed by atoms with Gasteiger partial charge in [-0.15, -0.1) is 11.3 Å². The number of benzene rings is 2. The number of carbonyl (C=O) groups excluding carboxylic acids is 2. The Bertz CT molecular complexity index is 1540. The number of anilines is 1. The fourth-order valence-corrected chi connectivity index (χ4v) is 5.58. The van der Waals surface area contributed by atoms with E-state index in [4.69, 9.17) is 4.74 Å². The molecule has 0 unspecified atom stereocenters. The van der Waals surface area contributed by atoms with Crippen molar-refractivity contribution in [2.24, 2.45) is 0 Å². The van der Waals surface area contributed by atoms with E-state index in [1.54, 1.807) is 36.6 Å². The van der Waals surface area contributed by atoms with Gasteiger partial charge in [0.15, 0.2) is 5.16 Å². The lowest BCUT2D eigenvalue weighted by Gasteiger charge is -2.13. The van der Waals surface area contributed by atoms with Gasteiger partial charge in [0, 0.05) is 12.2 Å². The van der Waals surface area contributed by atoms with Gasteiger partial charge in [-0.05, 0) is 43.7 Å². The second-order valence-corrected chi connectivity index (χ2v) is 9.71. The molecule has 0 saturated carbocycles. The van der Waals surface area contributed by atoms with Gasteiger partial charge < -0.3 is 10.1 Å². The number of hydrogen-bond donors (Lipinski definition) is 1. The number of nitrogens with zero attached hydrogens (tertiary/aromatic N) is 3. The molecule has 4 rings (SSSR count). The molecule has 1 N–H and O–H groups in total. The third-order valence-electron chi connectivity index (χ3n) is 5.29. The van der Waals surface area contributed by atoms with Crippen LogP contribution >= 0.6 is 23.1 Å². The van der Waals surface area contributed by atoms with Crippen molar-refractivity contribution < 1.29 is 14.3 Å². The SMILES string of the molecule is CCOC(=O)c1sc(NC(=O)CCSc2nc3ccccc3c(=O)n2-c2ccccc2)c(C#N)c1C. The van der Waals surface area contributed by atoms with E-state index in [-0.39, 0.29) is 30.1 Å². The molecule has 1 amide bonds. The fourth-order valence-electron chi connectivity index (χ4n) is 3.57. The van der Waals surface area contributed by atoms with Crippen molar-refractivity contribution in [2.45, 2.75) is 25.4 Å². The van der Waals surface area contributed by atoms with Crippen LogP contribution < -0.4 is 10.9 Å². The smallest absolute Gasteiger partial charge is 0.348 e. The van der Waals surface area contributed by atoms with Crippen LogP contribution in [0.3, 0.4) is 0 Å². The largest absolute Gasteiger partial charge is 0.462 e. The highest BCUT2D eigenvalue weighted by molar-refractivity contribution is 7.99. The number of para-hydroxylation sites is 2. The minimum atomic E-state index is -0.520. The maximum atomic E-state index is 13.3. The van der Waals surface area contributed by atoms with Gasteiger partial charge in [0.25, 0.3) is 5.56 Å². The highest BCUT2D eigenvalue weighted by Gasteiger charge is 2.22. The first-order valence-electron chi connectivity index (χ1n) is 11.1. The van der Waals surface area contributed by atoms with Gasteiger partial charge in [-0.1, -0.05) is 42.1 Å². The van der Waals surface area contributed by atoms with Crippen LogP contribution in [0.15, 0.2) is 64.5 Å². The third-order valence-corrected chi connectivity index (χ3v) is 7.42. The number of aromatic nitrogens is 2. The molecule has 36 heavy (non-hydrogen) atoms. The number of fused-ring (bicyclic) bond motifs is 1. The molecule has 10 heteroatoms. The Labute approximate surface area is 215 Å². The highest BCUT2D eigenvalue weighted by Crippen LogP contribution is 2.33. The number of carbonyl (C=O) groups is 2. The van der Waals surface area contributed by atoms with Crippen molar-refractivity contribution in [1.29, 1.82) is 5.26 Å². The number of nitriles is 1. The van der Waals surface area contributed by atoms with Gasteiger partial charge in [0.1, 0.15) is 15.9 Å². The molecular formula is C26H22N4O4S2. The summed E-state index contributed by atoms with van der Waals surface area (Å²) in [4.78, 5) is 43.1. The van der Waals surface area contributed by atoms with Crippen LogP contribution in [0.25, 0.3) is 16.6 Å². The summed E-state index contributed by atoms with van der Waals surface area (Å²) in [5.41, 5.74) is 1.82. The van der Waals surface area contributed by atoms with E-state index >= 15 is 0 Å². The number of thioether (sulfide) groups is 1. The first kappa shape index (κ1) is 25.2. The molecule has 2 aromatic carbocycles. The Kier molecular flexibility index (Phi) is 7.83. The molecule has 0 aliphatic carbocycles. The topological polar surface area (TPSA) is 114 Å². The molecular weight excluding hydrogens is 496 g/mol. The summed E-state index contributed by atoms with van der Waals surface area (Å²) in [6, 6.07) is 18.4. The van der Waals surface area contributed by atoms with Crippen molar-refractivity contribution in [2.75, 3.05) is 17.7 Å². The minimum absolute atomic E-state index is 0.110. The van der Waals surface area contributed by atoms with Crippen LogP contribution in [0.4, 0.5) is 5.00 Å². The van der Waals surface area contributed by atoms with Gasteiger partial charge in [0.2, 0.25) is 5.91 Å². The number of nitrogens with one attached hydrogen (secondary N) is 1. The number of ether oxygens (including phenoxy) is 1. The first-order chi connectivity index (χ1) is 17.4. The van der Waals surface area contributed by atoms with Gasteiger partial charge in [0.05, 0.1) is 28.8 Å². The Hall–Kier alpha value is -3.94. The highest BCUT2D eigenvalue weighted by atomic mass is 32.2. The predicted molar refractivity (Wildman–Crippen MR) is 141 cm³/mol. The lowest BCUT2D eigenvalue weighted by molar-refractivity contribution is -0.115. The molecule has 4 aromatic rings. The van der Waals surface area contributed by atoms with Crippen LogP contribution in [0.5, 0.6) is 0 Å². The summed E-state index contributed by atoms with van der Waals surface area (Å²) >= 11 is 2.32. The molecule has 0 saturated heterocycles. The second kappa shape index (κ2) is 11.2. The molecule has 2 aromatic heterocycles. The Morgan fingerprint density at radius 3 is 2.61 bits per heavy atom. The number of thiophene rings is 1. The fraction of sp³-hybridized carbons (Fsp3) is 0.192. The Morgan fingerprint density at radius 1 is 1.17 bits per heavy atom. The average Bonchev–Trinajstić information content (AvgIpc) is 3.19. The summed E-state index contributed by atoms with van der Waals surface area (Å²) in [6.07, 6.45) is 0.110. The standard InChI is InChI=1S/C26H22N4O4S2/c1-3-34-25(33)22-16(2)19(15-27)23(36-22)29-21(31)13-14-35-26-28-20-12-8-7-11-18(20)24(32)30(26)17-9-5-4-6-10-17/h4-12H,3,13-14H2,1-2H3,(H,29,31). The van der Waals surface area contributed by atoms with Crippen LogP contribution in [0, 0.1) is 18.3 Å². The molecule has 182 valence electrons. The summed E-state index contributed by atoms with van der Waals surface area (Å²) in [7, 11) is 0. The zero-order valence-electron chi connectivity index (χ0n) is 19.6. The van der Waals surface area contributed by atoms with Crippen molar-refractivity contribution >= 4 is 50.9 Å². The number of esters is 1. The van der Waals surface area contributed by atoms with E-state index in [0.29, 0.717) is 42.9 Å². The molecule has 0 spiro atoms. The van der Waals surface area contributed by atoms with Crippen molar-refractivity contribution in [1.82, 2.24) is 9.55 Å². The molecule has 0 bridgehead atoms. The molecule has 0 aliphatic heterocycles. The third kappa shape index (κ3) is 5.17. The van der Waals surface area contributed by atoms with E-state index < -0.39 is 5.97 Å². The summed E-state index contributed by atoms with van der Waals surface area (Å²) in [5.74, 6) is -0.487. The lowest BCUT2D eigenvalue weighted by Crippen LogP contribution is -2.22. The van der Waals surface area contributed by atoms with E-state index in [0.717, 1.165) is 11.3 Å². The van der Waals surface area contributed by atoms with Crippen molar-refractivity contribution in [3.05, 3.63) is 81.0 Å². The average molecular weight is 519 g/mol. The van der Waals surface area contributed by atoms with Crippen LogP contribution in [0.1, 0.15) is 34.1 Å². The van der Waals surface area contributed by atoms with Crippen LogP contribution in [-0.2, 0) is 9.53 Å². The Balaban J connectivity index is 1.53. The van der Waals surface area contributed by atoms with Gasteiger partial charge in [-0.3, -0.25) is 14.2 Å². The first-order valence-corrected chi connectivity index (χ1v) is 12.9. The van der Waals surface area contributed by atoms with Crippen LogP contribution in [-0.4, -0.2) is 33.8 Å². The summed E-state index contributed by atoms with van der Waals surface area (Å²) < 4.78 is 6.59. The normalized spacial score (nSPS) is 10.7. The molecule has 0 fully saturated rings. The monoisotopic (exact) mass is 518 g/mol. The van der Waals surface area contributed by atoms with Crippen LogP contribution in [0.2, 0.25) is 0 Å². The van der Waals surface area contributed by atoms with Crippen molar-refractivity contribution in [3.8, 4) is 11.8 Å². The second-order valence-electron chi connectivity index (χ2n) is 7.63. The molecule has 2 heterocycles. The zero-order chi connectivity index (χ0) is 25.7. The molecule has 8 nitrogen and oxygen atoms in total. The summed E-state index contributed by atoms with van der Waals surface area (Å²) in [5, 5.41) is 13.6. The van der Waals surface area contributed by atoms with E-state index in [1.807, 2.05) is 36.4 Å². The summed E-state index contributed by atoms with van der Waals surface area (Å²) in [6.45, 7) is 3.57.